The molecular weight excluding hydrogens is 480 g/mol. The summed E-state index contributed by atoms with van der Waals surface area (Å²) in [7, 11) is -4.94. The van der Waals surface area contributed by atoms with Crippen molar-refractivity contribution in [1.29, 1.82) is 0 Å². The Morgan fingerprint density at radius 3 is 2.08 bits per heavy atom. The number of rotatable bonds is 5. The standard InChI is InChI=1S/C29H24O2.ClHO4/c1-2-3-8-22-19-26-24-12-7-5-10-21(24)14-17-29(26)31-28(22)18-15-25-23-11-6-4-9-20(23)13-16-27(25)30;2-1(3,4)5/h4-7,9-19H,2-3,8H2,1H3;(H,2,3,4,5). The van der Waals surface area contributed by atoms with Gasteiger partial charge in [-0.2, -0.15) is 0 Å². The molecule has 0 amide bonds. The fraction of sp³-hybridized carbons (Fsp3) is 0.138. The van der Waals surface area contributed by atoms with Crippen LogP contribution >= 0.6 is 0 Å². The van der Waals surface area contributed by atoms with Crippen LogP contribution in [-0.4, -0.2) is 5.11 Å². The number of halogens is 1. The van der Waals surface area contributed by atoms with E-state index in [2.05, 4.69) is 49.4 Å². The molecular formula is C29H25ClO6. The number of phenols is 1. The zero-order valence-electron chi connectivity index (χ0n) is 19.6. The van der Waals surface area contributed by atoms with Crippen molar-refractivity contribution < 1.29 is 38.4 Å². The molecule has 0 unspecified atom stereocenters. The summed E-state index contributed by atoms with van der Waals surface area (Å²) in [5.41, 5.74) is 2.88. The number of phenolic OH excluding ortho intramolecular Hbond substituents is 1. The third kappa shape index (κ3) is 6.18. The van der Waals surface area contributed by atoms with Gasteiger partial charge in [-0.1, -0.05) is 67.9 Å². The Kier molecular flexibility index (Phi) is 7.84. The normalized spacial score (nSPS) is 11.8. The minimum Gasteiger partial charge on any atom is -0.507 e. The van der Waals surface area contributed by atoms with Gasteiger partial charge >= 0.3 is 11.3 Å². The van der Waals surface area contributed by atoms with Crippen molar-refractivity contribution in [1.82, 2.24) is 0 Å². The molecule has 5 rings (SSSR count). The molecule has 0 atom stereocenters. The van der Waals surface area contributed by atoms with Crippen molar-refractivity contribution in [3.63, 3.8) is 0 Å². The molecule has 0 radical (unpaired) electrons. The summed E-state index contributed by atoms with van der Waals surface area (Å²) in [6, 6.07) is 26.7. The molecule has 0 aliphatic carbocycles. The molecule has 0 aliphatic rings. The summed E-state index contributed by atoms with van der Waals surface area (Å²) < 4.78 is 40.4. The maximum atomic E-state index is 10.5. The first-order valence-electron chi connectivity index (χ1n) is 11.5. The third-order valence-corrected chi connectivity index (χ3v) is 5.93. The Bertz CT molecular complexity index is 1530. The van der Waals surface area contributed by atoms with Crippen molar-refractivity contribution >= 4 is 44.7 Å². The van der Waals surface area contributed by atoms with Gasteiger partial charge in [0, 0.05) is 17.7 Å². The number of fused-ring (bicyclic) bond motifs is 4. The zero-order valence-corrected chi connectivity index (χ0v) is 20.4. The molecule has 5 aromatic rings. The average molecular weight is 505 g/mol. The highest BCUT2D eigenvalue weighted by Gasteiger charge is 2.19. The molecule has 0 fully saturated rings. The van der Waals surface area contributed by atoms with Crippen LogP contribution in [0.25, 0.3) is 44.7 Å². The lowest BCUT2D eigenvalue weighted by atomic mass is 10.00. The number of aryl methyl sites for hydroxylation is 1. The van der Waals surface area contributed by atoms with Gasteiger partial charge in [0.25, 0.3) is 0 Å². The summed E-state index contributed by atoms with van der Waals surface area (Å²) in [6.45, 7) is 2.21. The van der Waals surface area contributed by atoms with Crippen LogP contribution in [0.2, 0.25) is 0 Å². The smallest absolute Gasteiger partial charge is 0.361 e. The first-order valence-corrected chi connectivity index (χ1v) is 12.8. The number of unbranched alkanes of at least 4 members (excludes halogenated alkanes) is 1. The lowest BCUT2D eigenvalue weighted by molar-refractivity contribution is -2.00. The van der Waals surface area contributed by atoms with Crippen LogP contribution in [-0.2, 0) is 6.42 Å². The van der Waals surface area contributed by atoms with Gasteiger partial charge in [-0.25, -0.2) is 23.1 Å². The largest absolute Gasteiger partial charge is 0.507 e. The maximum absolute atomic E-state index is 10.5. The van der Waals surface area contributed by atoms with E-state index in [0.29, 0.717) is 0 Å². The van der Waals surface area contributed by atoms with E-state index in [9.17, 15) is 5.11 Å². The minimum absolute atomic E-state index is 0.275. The first kappa shape index (κ1) is 25.6. The highest BCUT2D eigenvalue weighted by atomic mass is 35.7. The van der Waals surface area contributed by atoms with Gasteiger partial charge in [-0.15, -0.1) is 10.2 Å². The Morgan fingerprint density at radius 2 is 1.39 bits per heavy atom. The van der Waals surface area contributed by atoms with E-state index < -0.39 is 10.2 Å². The second-order valence-electron chi connectivity index (χ2n) is 8.37. The lowest BCUT2D eigenvalue weighted by Crippen LogP contribution is -2.68. The topological polar surface area (TPSA) is 124 Å². The monoisotopic (exact) mass is 504 g/mol. The van der Waals surface area contributed by atoms with Crippen LogP contribution in [0.1, 0.15) is 36.7 Å². The summed E-state index contributed by atoms with van der Waals surface area (Å²) >= 11 is 0. The molecule has 6 nitrogen and oxygen atoms in total. The number of hydrogen-bond acceptors (Lipinski definition) is 5. The second kappa shape index (κ2) is 11.0. The Hall–Kier alpha value is -3.52. The van der Waals surface area contributed by atoms with Crippen LogP contribution in [0.15, 0.2) is 83.3 Å². The fourth-order valence-corrected chi connectivity index (χ4v) is 4.26. The third-order valence-electron chi connectivity index (χ3n) is 5.93. The molecule has 7 heteroatoms. The van der Waals surface area contributed by atoms with Crippen molar-refractivity contribution in [2.24, 2.45) is 0 Å². The van der Waals surface area contributed by atoms with Gasteiger partial charge in [-0.3, -0.25) is 0 Å². The van der Waals surface area contributed by atoms with Gasteiger partial charge in [-0.05, 0) is 58.7 Å². The van der Waals surface area contributed by atoms with Crippen molar-refractivity contribution in [2.75, 3.05) is 0 Å². The zero-order chi connectivity index (χ0) is 25.7. The Labute approximate surface area is 210 Å². The summed E-state index contributed by atoms with van der Waals surface area (Å²) in [5.74, 6) is 1.13. The van der Waals surface area contributed by atoms with Crippen molar-refractivity contribution in [3.05, 3.63) is 95.7 Å². The first-order chi connectivity index (χ1) is 17.2. The van der Waals surface area contributed by atoms with Crippen molar-refractivity contribution in [2.45, 2.75) is 26.2 Å². The highest BCUT2D eigenvalue weighted by molar-refractivity contribution is 6.06. The number of benzene rings is 4. The van der Waals surface area contributed by atoms with Crippen LogP contribution in [0.4, 0.5) is 0 Å². The SMILES string of the molecule is CCCCc1cc2c(ccc3ccccc32)[o+]c1C=Cc1c(O)ccc2ccccc12.[O-][Cl+3]([O-])([O-])[O-]. The number of hydrogen-bond donors (Lipinski definition) is 1. The molecule has 0 saturated heterocycles. The van der Waals surface area contributed by atoms with E-state index in [1.165, 1.54) is 16.3 Å². The van der Waals surface area contributed by atoms with Gasteiger partial charge < -0.3 is 5.11 Å². The van der Waals surface area contributed by atoms with Gasteiger partial charge in [0.2, 0.25) is 0 Å². The van der Waals surface area contributed by atoms with Crippen LogP contribution in [0, 0.1) is 10.2 Å². The fourth-order valence-electron chi connectivity index (χ4n) is 4.26. The van der Waals surface area contributed by atoms with Crippen LogP contribution in [0.3, 0.4) is 0 Å². The van der Waals surface area contributed by atoms with Gasteiger partial charge in [0.1, 0.15) is 5.75 Å². The Balaban J connectivity index is 0.000000556. The lowest BCUT2D eigenvalue weighted by Gasteiger charge is -2.17. The number of aromatic hydroxyl groups is 1. The van der Waals surface area contributed by atoms with E-state index in [1.54, 1.807) is 6.07 Å². The van der Waals surface area contributed by atoms with E-state index in [4.69, 9.17) is 23.1 Å². The molecule has 0 saturated carbocycles. The Morgan fingerprint density at radius 1 is 0.778 bits per heavy atom. The summed E-state index contributed by atoms with van der Waals surface area (Å²) in [6.07, 6.45) is 7.16. The molecule has 4 aromatic carbocycles. The van der Waals surface area contributed by atoms with Crippen LogP contribution < -0.4 is 18.6 Å². The van der Waals surface area contributed by atoms with Gasteiger partial charge in [0.15, 0.2) is 0 Å². The molecule has 0 aliphatic heterocycles. The molecule has 0 bridgehead atoms. The van der Waals surface area contributed by atoms with E-state index in [0.717, 1.165) is 52.3 Å². The van der Waals surface area contributed by atoms with Crippen LogP contribution in [0.5, 0.6) is 5.75 Å². The summed E-state index contributed by atoms with van der Waals surface area (Å²) in [4.78, 5) is 0. The van der Waals surface area contributed by atoms with E-state index in [-0.39, 0.29) is 5.75 Å². The van der Waals surface area contributed by atoms with Crippen molar-refractivity contribution in [3.8, 4) is 5.75 Å². The predicted molar refractivity (Wildman–Crippen MR) is 131 cm³/mol. The summed E-state index contributed by atoms with van der Waals surface area (Å²) in [5, 5.41) is 16.2. The molecule has 0 spiro atoms. The molecule has 184 valence electrons. The quantitative estimate of drug-likeness (QED) is 0.288. The maximum Gasteiger partial charge on any atom is 0.361 e. The molecule has 1 aromatic heterocycles. The highest BCUT2D eigenvalue weighted by Crippen LogP contribution is 2.32. The van der Waals surface area contributed by atoms with E-state index in [1.807, 2.05) is 42.5 Å². The van der Waals surface area contributed by atoms with E-state index >= 15 is 0 Å². The molecule has 1 heterocycles. The molecule has 36 heavy (non-hydrogen) atoms. The molecule has 1 N–H and O–H groups in total. The van der Waals surface area contributed by atoms with Gasteiger partial charge in [0.05, 0.1) is 10.9 Å². The average Bonchev–Trinajstić information content (AvgIpc) is 2.85. The second-order valence-corrected chi connectivity index (χ2v) is 9.12. The predicted octanol–water partition coefficient (Wildman–Crippen LogP) is 3.48. The minimum atomic E-state index is -4.94.